The number of hydrogen-bond donors (Lipinski definition) is 0. The third-order valence-electron chi connectivity index (χ3n) is 7.13. The largest absolute Gasteiger partial charge is 0.307 e. The number of amides is 1. The Balaban J connectivity index is 1.31. The van der Waals surface area contributed by atoms with Gasteiger partial charge in [0.2, 0.25) is 0 Å². The van der Waals surface area contributed by atoms with E-state index >= 15 is 0 Å². The molecular formula is C28H26Cl2FN3O. The summed E-state index contributed by atoms with van der Waals surface area (Å²) in [5.74, 6) is -0.365. The van der Waals surface area contributed by atoms with Crippen molar-refractivity contribution in [3.8, 4) is 0 Å². The number of aromatic nitrogens is 1. The Morgan fingerprint density at radius 1 is 1.11 bits per heavy atom. The summed E-state index contributed by atoms with van der Waals surface area (Å²) >= 11 is 11.9. The number of rotatable bonds is 4. The summed E-state index contributed by atoms with van der Waals surface area (Å²) in [4.78, 5) is 21.7. The standard InChI is InChI=1S/C28H26Cl2FN3O/c1-19-4-7-25-23(15-19)28(18-34(25)27(35)21-8-11-32-26(30)16-21)9-13-33(14-10-28)12-2-3-20-5-6-22(29)17-24(20)31/h2-8,11,15-17H,9-10,12-14,18H2,1H3. The van der Waals surface area contributed by atoms with Crippen LogP contribution in [0.15, 0.2) is 60.8 Å². The highest BCUT2D eigenvalue weighted by molar-refractivity contribution is 6.30. The van der Waals surface area contributed by atoms with Crippen molar-refractivity contribution in [1.29, 1.82) is 0 Å². The molecule has 1 saturated heterocycles. The van der Waals surface area contributed by atoms with Gasteiger partial charge in [0.05, 0.1) is 0 Å². The highest BCUT2D eigenvalue weighted by Gasteiger charge is 2.46. The number of halogens is 3. The van der Waals surface area contributed by atoms with E-state index in [1.165, 1.54) is 17.2 Å². The maximum Gasteiger partial charge on any atom is 0.258 e. The van der Waals surface area contributed by atoms with Crippen LogP contribution >= 0.6 is 23.2 Å². The Bertz CT molecular complexity index is 1300. The van der Waals surface area contributed by atoms with Gasteiger partial charge in [-0.1, -0.05) is 59.1 Å². The molecule has 5 rings (SSSR count). The van der Waals surface area contributed by atoms with Gasteiger partial charge in [0, 0.05) is 46.5 Å². The first-order valence-electron chi connectivity index (χ1n) is 11.7. The SMILES string of the molecule is Cc1ccc2c(c1)C1(CCN(CC=Cc3ccc(Cl)cc3F)CC1)CN2C(=O)c1ccnc(Cl)c1. The molecule has 1 spiro atoms. The van der Waals surface area contributed by atoms with Gasteiger partial charge in [-0.25, -0.2) is 9.37 Å². The summed E-state index contributed by atoms with van der Waals surface area (Å²) in [5.41, 5.74) is 4.44. The number of benzene rings is 2. The predicted molar refractivity (Wildman–Crippen MR) is 140 cm³/mol. The van der Waals surface area contributed by atoms with Gasteiger partial charge < -0.3 is 4.90 Å². The first kappa shape index (κ1) is 24.0. The highest BCUT2D eigenvalue weighted by Crippen LogP contribution is 2.47. The van der Waals surface area contributed by atoms with Crippen LogP contribution < -0.4 is 4.90 Å². The van der Waals surface area contributed by atoms with E-state index < -0.39 is 0 Å². The van der Waals surface area contributed by atoms with Crippen molar-refractivity contribution in [1.82, 2.24) is 9.88 Å². The lowest BCUT2D eigenvalue weighted by atomic mass is 9.74. The van der Waals surface area contributed by atoms with E-state index in [-0.39, 0.29) is 17.1 Å². The lowest BCUT2D eigenvalue weighted by molar-refractivity contribution is 0.0977. The van der Waals surface area contributed by atoms with Crippen LogP contribution in [0.5, 0.6) is 0 Å². The molecule has 4 nitrogen and oxygen atoms in total. The second-order valence-corrected chi connectivity index (χ2v) is 10.3. The molecule has 1 fully saturated rings. The summed E-state index contributed by atoms with van der Waals surface area (Å²) in [7, 11) is 0. The maximum atomic E-state index is 14.0. The van der Waals surface area contributed by atoms with Crippen molar-refractivity contribution in [3.63, 3.8) is 0 Å². The molecule has 1 aromatic heterocycles. The molecule has 0 bridgehead atoms. The minimum absolute atomic E-state index is 0.0494. The number of nitrogens with zero attached hydrogens (tertiary/aromatic N) is 3. The van der Waals surface area contributed by atoms with Gasteiger partial charge in [0.25, 0.3) is 5.91 Å². The van der Waals surface area contributed by atoms with Crippen molar-refractivity contribution >= 4 is 40.9 Å². The average Bonchev–Trinajstić information content (AvgIpc) is 3.14. The first-order valence-corrected chi connectivity index (χ1v) is 12.5. The minimum Gasteiger partial charge on any atom is -0.307 e. The first-order chi connectivity index (χ1) is 16.8. The molecule has 1 amide bonds. The van der Waals surface area contributed by atoms with Gasteiger partial charge in [-0.3, -0.25) is 9.69 Å². The zero-order valence-electron chi connectivity index (χ0n) is 19.5. The Kier molecular flexibility index (Phi) is 6.67. The monoisotopic (exact) mass is 509 g/mol. The van der Waals surface area contributed by atoms with E-state index in [2.05, 4.69) is 35.0 Å². The zero-order chi connectivity index (χ0) is 24.6. The fourth-order valence-corrected chi connectivity index (χ4v) is 5.54. The fourth-order valence-electron chi connectivity index (χ4n) is 5.21. The number of anilines is 1. The number of piperidine rings is 1. The highest BCUT2D eigenvalue weighted by atomic mass is 35.5. The summed E-state index contributed by atoms with van der Waals surface area (Å²) in [6.07, 6.45) is 7.28. The third-order valence-corrected chi connectivity index (χ3v) is 7.57. The molecule has 0 N–H and O–H groups in total. The van der Waals surface area contributed by atoms with Gasteiger partial charge >= 0.3 is 0 Å². The number of pyridine rings is 1. The molecule has 2 aliphatic heterocycles. The molecule has 2 aliphatic rings. The average molecular weight is 510 g/mol. The van der Waals surface area contributed by atoms with Crippen LogP contribution in [0.1, 0.15) is 39.9 Å². The van der Waals surface area contributed by atoms with E-state index in [1.54, 1.807) is 30.5 Å². The van der Waals surface area contributed by atoms with Crippen LogP contribution in [0.25, 0.3) is 6.08 Å². The quantitative estimate of drug-likeness (QED) is 0.374. The zero-order valence-corrected chi connectivity index (χ0v) is 21.0. The van der Waals surface area contributed by atoms with Crippen molar-refractivity contribution in [2.24, 2.45) is 0 Å². The van der Waals surface area contributed by atoms with Crippen LogP contribution in [0.3, 0.4) is 0 Å². The molecule has 3 heterocycles. The second-order valence-electron chi connectivity index (χ2n) is 9.43. The summed E-state index contributed by atoms with van der Waals surface area (Å²) < 4.78 is 14.0. The number of hydrogen-bond acceptors (Lipinski definition) is 3. The molecule has 3 aromatic rings. The minimum atomic E-state index is -0.315. The summed E-state index contributed by atoms with van der Waals surface area (Å²) in [5, 5.41) is 0.710. The topological polar surface area (TPSA) is 36.4 Å². The number of carbonyl (C=O) groups excluding carboxylic acids is 1. The van der Waals surface area contributed by atoms with Crippen molar-refractivity contribution in [2.45, 2.75) is 25.2 Å². The Hall–Kier alpha value is -2.73. The van der Waals surface area contributed by atoms with Crippen LogP contribution in [0.4, 0.5) is 10.1 Å². The molecule has 0 radical (unpaired) electrons. The van der Waals surface area contributed by atoms with E-state index in [1.807, 2.05) is 17.1 Å². The van der Waals surface area contributed by atoms with Crippen molar-refractivity contribution in [2.75, 3.05) is 31.1 Å². The smallest absolute Gasteiger partial charge is 0.258 e. The lowest BCUT2D eigenvalue weighted by Gasteiger charge is -2.39. The normalized spacial score (nSPS) is 17.3. The molecule has 0 aliphatic carbocycles. The lowest BCUT2D eigenvalue weighted by Crippen LogP contribution is -2.46. The summed E-state index contributed by atoms with van der Waals surface area (Å²) in [6, 6.07) is 14.4. The van der Waals surface area contributed by atoms with Crippen molar-refractivity contribution < 1.29 is 9.18 Å². The fraction of sp³-hybridized carbons (Fsp3) is 0.286. The van der Waals surface area contributed by atoms with Gasteiger partial charge in [-0.2, -0.15) is 0 Å². The number of likely N-dealkylation sites (tertiary alicyclic amines) is 1. The van der Waals surface area contributed by atoms with Crippen LogP contribution in [-0.4, -0.2) is 42.0 Å². The Labute approximate surface area is 215 Å². The number of carbonyl (C=O) groups is 1. The molecule has 7 heteroatoms. The van der Waals surface area contributed by atoms with Gasteiger partial charge in [-0.05, 0) is 68.8 Å². The predicted octanol–water partition coefficient (Wildman–Crippen LogP) is 6.54. The van der Waals surface area contributed by atoms with Gasteiger partial charge in [0.15, 0.2) is 0 Å². The van der Waals surface area contributed by atoms with E-state index in [0.717, 1.165) is 38.2 Å². The molecule has 180 valence electrons. The molecule has 2 aromatic carbocycles. The summed E-state index contributed by atoms with van der Waals surface area (Å²) in [6.45, 7) is 5.31. The van der Waals surface area contributed by atoms with E-state index in [0.29, 0.717) is 27.8 Å². The molecule has 35 heavy (non-hydrogen) atoms. The van der Waals surface area contributed by atoms with E-state index in [9.17, 15) is 9.18 Å². The Morgan fingerprint density at radius 2 is 1.91 bits per heavy atom. The molecule has 0 atom stereocenters. The number of aryl methyl sites for hydroxylation is 1. The van der Waals surface area contributed by atoms with Crippen LogP contribution in [-0.2, 0) is 5.41 Å². The van der Waals surface area contributed by atoms with Crippen LogP contribution in [0.2, 0.25) is 10.2 Å². The van der Waals surface area contributed by atoms with Gasteiger partial charge in [-0.15, -0.1) is 0 Å². The van der Waals surface area contributed by atoms with Crippen LogP contribution in [0, 0.1) is 12.7 Å². The third kappa shape index (κ3) is 4.86. The van der Waals surface area contributed by atoms with E-state index in [4.69, 9.17) is 23.2 Å². The second kappa shape index (κ2) is 9.73. The maximum absolute atomic E-state index is 14.0. The molecule has 0 unspecified atom stereocenters. The van der Waals surface area contributed by atoms with Gasteiger partial charge in [0.1, 0.15) is 11.0 Å². The molecule has 0 saturated carbocycles. The molecular weight excluding hydrogens is 484 g/mol. The van der Waals surface area contributed by atoms with Crippen molar-refractivity contribution in [3.05, 3.63) is 99.1 Å². The Morgan fingerprint density at radius 3 is 2.66 bits per heavy atom. The number of fused-ring (bicyclic) bond motifs is 2.